The summed E-state index contributed by atoms with van der Waals surface area (Å²) in [6.45, 7) is 0. The van der Waals surface area contributed by atoms with Crippen molar-refractivity contribution < 1.29 is 24.1 Å². The van der Waals surface area contributed by atoms with Gasteiger partial charge in [0.05, 0.1) is 0 Å². The Morgan fingerprint density at radius 3 is 0.889 bits per heavy atom. The van der Waals surface area contributed by atoms with E-state index < -0.39 is 19.0 Å². The molecule has 0 aromatic heterocycles. The molecule has 0 unspecified atom stereocenters. The molecule has 0 saturated carbocycles. The second kappa shape index (κ2) is 12.9. The van der Waals surface area contributed by atoms with Crippen LogP contribution in [0.15, 0.2) is 0 Å². The Balaban J connectivity index is -0.0000000133. The van der Waals surface area contributed by atoms with Gasteiger partial charge in [-0.15, -0.1) is 0 Å². The fourth-order valence-electron chi connectivity index (χ4n) is 0. The molecule has 0 fully saturated rings. The summed E-state index contributed by atoms with van der Waals surface area (Å²) < 4.78 is 32.0. The van der Waals surface area contributed by atoms with Crippen LogP contribution in [0.3, 0.4) is 0 Å². The Morgan fingerprint density at radius 1 is 0.889 bits per heavy atom. The topological polar surface area (TPSA) is 138 Å². The summed E-state index contributed by atoms with van der Waals surface area (Å²) in [7, 11) is 0. The van der Waals surface area contributed by atoms with Crippen LogP contribution in [0.5, 0.6) is 0 Å². The maximum atomic E-state index is 8.85. The van der Waals surface area contributed by atoms with Crippen LogP contribution in [0.25, 0.3) is 0 Å². The summed E-state index contributed by atoms with van der Waals surface area (Å²) in [5.74, 6) is 0. The first-order valence-corrected chi connectivity index (χ1v) is 4.69. The van der Waals surface area contributed by atoms with Gasteiger partial charge >= 0.3 is 32.1 Å². The van der Waals surface area contributed by atoms with E-state index in [1.54, 1.807) is 0 Å². The first-order chi connectivity index (χ1) is 2.00. The normalized spacial score (nSPS) is 6.44. The molecule has 50 valence electrons. The SMILES string of the molecule is O.O.O=[Te](=O)(O)O.[Na].[Na]. The molecule has 0 rings (SSSR count). The minimum atomic E-state index is -5.52. The zero-order valence-electron chi connectivity index (χ0n) is 5.12. The Morgan fingerprint density at radius 2 is 0.889 bits per heavy atom. The zero-order chi connectivity index (χ0) is 4.50. The summed E-state index contributed by atoms with van der Waals surface area (Å²) in [5.41, 5.74) is 0. The molecule has 2 radical (unpaired) electrons. The standard InChI is InChI=1S/2Na.H2O4Te.2H2O/c;;1-5(2,3)4;;/h;;(H2,1,2,3,4);2*1H2. The molecule has 0 aromatic carbocycles. The van der Waals surface area contributed by atoms with E-state index in [1.807, 2.05) is 0 Å². The summed E-state index contributed by atoms with van der Waals surface area (Å²) >= 11 is -5.52. The molecule has 0 saturated heterocycles. The van der Waals surface area contributed by atoms with Gasteiger partial charge in [-0.25, -0.2) is 0 Å². The first kappa shape index (κ1) is 30.3. The molecule has 0 aliphatic rings. The van der Waals surface area contributed by atoms with Gasteiger partial charge in [-0.2, -0.15) is 0 Å². The summed E-state index contributed by atoms with van der Waals surface area (Å²) in [6.07, 6.45) is 0. The van der Waals surface area contributed by atoms with Crippen molar-refractivity contribution in [1.82, 2.24) is 0 Å². The van der Waals surface area contributed by atoms with Gasteiger partial charge in [-0.1, -0.05) is 0 Å². The molecule has 9 heteroatoms. The third-order valence-electron chi connectivity index (χ3n) is 0. The van der Waals surface area contributed by atoms with Crippen LogP contribution < -0.4 is 0 Å². The Labute approximate surface area is 100 Å². The fourth-order valence-corrected chi connectivity index (χ4v) is 0. The van der Waals surface area contributed by atoms with E-state index in [1.165, 1.54) is 0 Å². The zero-order valence-corrected chi connectivity index (χ0v) is 11.4. The van der Waals surface area contributed by atoms with E-state index in [4.69, 9.17) is 13.2 Å². The Kier molecular flexibility index (Phi) is 43.3. The molecule has 9 heavy (non-hydrogen) atoms. The third-order valence-corrected chi connectivity index (χ3v) is 0. The van der Waals surface area contributed by atoms with Crippen molar-refractivity contribution in [3.8, 4) is 0 Å². The molecule has 0 atom stereocenters. The van der Waals surface area contributed by atoms with E-state index in [0.717, 1.165) is 0 Å². The van der Waals surface area contributed by atoms with Crippen LogP contribution in [-0.2, 0) is 6.21 Å². The van der Waals surface area contributed by atoms with Crippen molar-refractivity contribution in [1.29, 1.82) is 0 Å². The molecule has 6 nitrogen and oxygen atoms in total. The fraction of sp³-hybridized carbons (Fsp3) is 0. The van der Waals surface area contributed by atoms with E-state index in [2.05, 4.69) is 0 Å². The van der Waals surface area contributed by atoms with Crippen molar-refractivity contribution in [2.45, 2.75) is 0 Å². The van der Waals surface area contributed by atoms with Crippen LogP contribution in [0.1, 0.15) is 0 Å². The molecule has 0 aliphatic heterocycles. The second-order valence-electron chi connectivity index (χ2n) is 0.448. The van der Waals surface area contributed by atoms with Gasteiger partial charge < -0.3 is 11.0 Å². The Hall–Kier alpha value is 2.23. The van der Waals surface area contributed by atoms with E-state index in [-0.39, 0.29) is 70.1 Å². The maximum absolute atomic E-state index is 8.85. The molecule has 0 aromatic rings. The second-order valence-corrected chi connectivity index (χ2v) is 3.00. The van der Waals surface area contributed by atoms with Crippen molar-refractivity contribution in [3.63, 3.8) is 0 Å². The molecular formula is H6Na2O6Te. The summed E-state index contributed by atoms with van der Waals surface area (Å²) in [6, 6.07) is 0. The monoisotopic (exact) mass is 278 g/mol. The molecular weight excluding hydrogens is 270 g/mol. The van der Waals surface area contributed by atoms with Crippen molar-refractivity contribution in [2.24, 2.45) is 0 Å². The van der Waals surface area contributed by atoms with Gasteiger partial charge in [-0.3, -0.25) is 0 Å². The quantitative estimate of drug-likeness (QED) is 0.433. The number of hydrogen-bond acceptors (Lipinski definition) is 2. The molecule has 0 aliphatic carbocycles. The number of rotatable bonds is 0. The van der Waals surface area contributed by atoms with Crippen LogP contribution in [-0.4, -0.2) is 96.0 Å². The van der Waals surface area contributed by atoms with Crippen molar-refractivity contribution in [2.75, 3.05) is 0 Å². The average Bonchev–Trinajstić information content (AvgIpc) is 0.722. The predicted octanol–water partition coefficient (Wildman–Crippen LogP) is -4.14. The smallest absolute Gasteiger partial charge is 0 e. The van der Waals surface area contributed by atoms with Crippen LogP contribution >= 0.6 is 0 Å². The van der Waals surface area contributed by atoms with Crippen molar-refractivity contribution in [3.05, 3.63) is 0 Å². The van der Waals surface area contributed by atoms with E-state index >= 15 is 0 Å². The van der Waals surface area contributed by atoms with Gasteiger partial charge in [-0.05, 0) is 0 Å². The van der Waals surface area contributed by atoms with Crippen LogP contribution in [0.4, 0.5) is 0 Å². The minimum absolute atomic E-state index is 0. The number of hydrogen-bond donors (Lipinski definition) is 2. The molecule has 0 heterocycles. The van der Waals surface area contributed by atoms with Gasteiger partial charge in [0.15, 0.2) is 0 Å². The minimum Gasteiger partial charge on any atom is 0 e. The predicted molar refractivity (Wildman–Crippen MR) is 30.3 cm³/mol. The molecule has 0 amide bonds. The van der Waals surface area contributed by atoms with Crippen molar-refractivity contribution >= 4 is 78.1 Å². The van der Waals surface area contributed by atoms with E-state index in [0.29, 0.717) is 0 Å². The molecule has 6 N–H and O–H groups in total. The first-order valence-electron chi connectivity index (χ1n) is 0.698. The summed E-state index contributed by atoms with van der Waals surface area (Å²) in [5, 5.41) is 0. The van der Waals surface area contributed by atoms with Gasteiger partial charge in [0.1, 0.15) is 0 Å². The maximum Gasteiger partial charge on any atom is 0 e. The van der Waals surface area contributed by atoms with Gasteiger partial charge in [0, 0.05) is 59.1 Å². The molecule has 0 bridgehead atoms. The third kappa shape index (κ3) is 139. The van der Waals surface area contributed by atoms with E-state index in [9.17, 15) is 0 Å². The summed E-state index contributed by atoms with van der Waals surface area (Å²) in [4.78, 5) is 0. The average molecular weight is 276 g/mol. The van der Waals surface area contributed by atoms with Crippen LogP contribution in [0, 0.1) is 0 Å². The van der Waals surface area contributed by atoms with Gasteiger partial charge in [0.25, 0.3) is 0 Å². The largest absolute Gasteiger partial charge is 0 e. The molecule has 0 spiro atoms. The van der Waals surface area contributed by atoms with Gasteiger partial charge in [0.2, 0.25) is 0 Å². The Bertz CT molecular complexity index is 94.2. The van der Waals surface area contributed by atoms with Crippen LogP contribution in [0.2, 0.25) is 0 Å².